The molecule has 0 amide bonds. The van der Waals surface area contributed by atoms with Crippen molar-refractivity contribution in [2.45, 2.75) is 38.8 Å². The Morgan fingerprint density at radius 2 is 1.67 bits per heavy atom. The van der Waals surface area contributed by atoms with E-state index in [1.54, 1.807) is 0 Å². The van der Waals surface area contributed by atoms with E-state index in [2.05, 4.69) is 4.74 Å². The van der Waals surface area contributed by atoms with Gasteiger partial charge in [-0.15, -0.1) is 0 Å². The molecule has 0 unspecified atom stereocenters. The van der Waals surface area contributed by atoms with Gasteiger partial charge in [-0.2, -0.15) is 22.0 Å². The number of aliphatic hydroxyl groups is 1. The molecule has 0 spiro atoms. The van der Waals surface area contributed by atoms with Crippen LogP contribution in [-0.4, -0.2) is 36.4 Å². The van der Waals surface area contributed by atoms with Gasteiger partial charge in [-0.3, -0.25) is 4.79 Å². The van der Waals surface area contributed by atoms with Crippen molar-refractivity contribution in [3.05, 3.63) is 0 Å². The lowest BCUT2D eigenvalue weighted by atomic mass is 9.86. The molecule has 0 bridgehead atoms. The Morgan fingerprint density at radius 1 is 1.17 bits per heavy atom. The third-order valence-electron chi connectivity index (χ3n) is 2.17. The number of hydrogen-bond donors (Lipinski definition) is 1. The van der Waals surface area contributed by atoms with Crippen LogP contribution in [0.3, 0.4) is 0 Å². The van der Waals surface area contributed by atoms with Gasteiger partial charge in [0.2, 0.25) is 0 Å². The molecule has 0 rings (SSSR count). The molecule has 0 atom stereocenters. The van der Waals surface area contributed by atoms with E-state index in [-0.39, 0.29) is 19.6 Å². The molecule has 1 N–H and O–H groups in total. The highest BCUT2D eigenvalue weighted by Gasteiger charge is 2.60. The van der Waals surface area contributed by atoms with Crippen LogP contribution < -0.4 is 0 Å². The monoisotopic (exact) mass is 278 g/mol. The van der Waals surface area contributed by atoms with Crippen molar-refractivity contribution in [1.82, 2.24) is 0 Å². The Kier molecular flexibility index (Phi) is 5.52. The molecule has 0 heterocycles. The van der Waals surface area contributed by atoms with Crippen molar-refractivity contribution in [3.63, 3.8) is 0 Å². The normalized spacial score (nSPS) is 13.6. The first-order valence-electron chi connectivity index (χ1n) is 5.17. The highest BCUT2D eigenvalue weighted by atomic mass is 19.4. The second kappa shape index (κ2) is 5.81. The summed E-state index contributed by atoms with van der Waals surface area (Å²) < 4.78 is 66.1. The lowest BCUT2D eigenvalue weighted by Gasteiger charge is -2.28. The van der Waals surface area contributed by atoms with Gasteiger partial charge in [0.1, 0.15) is 0 Å². The third kappa shape index (κ3) is 4.75. The zero-order valence-electron chi connectivity index (χ0n) is 9.98. The molecule has 0 aromatic carbocycles. The van der Waals surface area contributed by atoms with Crippen LogP contribution in [0.5, 0.6) is 0 Å². The van der Waals surface area contributed by atoms with Gasteiger partial charge >= 0.3 is 18.1 Å². The molecule has 8 heteroatoms. The Morgan fingerprint density at radius 3 is 2.06 bits per heavy atom. The number of carbonyl (C=O) groups is 1. The zero-order valence-corrected chi connectivity index (χ0v) is 9.98. The summed E-state index contributed by atoms with van der Waals surface area (Å²) in [4.78, 5) is 11.3. The number of halogens is 5. The first kappa shape index (κ1) is 17.1. The van der Waals surface area contributed by atoms with Gasteiger partial charge in [0.05, 0.1) is 12.0 Å². The smallest absolute Gasteiger partial charge is 0.453 e. The summed E-state index contributed by atoms with van der Waals surface area (Å²) in [7, 11) is 0. The first-order valence-corrected chi connectivity index (χ1v) is 5.17. The molecule has 0 saturated carbocycles. The van der Waals surface area contributed by atoms with E-state index in [0.29, 0.717) is 0 Å². The van der Waals surface area contributed by atoms with E-state index >= 15 is 0 Å². The number of hydrogen-bond acceptors (Lipinski definition) is 3. The predicted molar refractivity (Wildman–Crippen MR) is 52.1 cm³/mol. The molecule has 3 nitrogen and oxygen atoms in total. The second-order valence-electron chi connectivity index (χ2n) is 4.48. The van der Waals surface area contributed by atoms with Gasteiger partial charge in [0.15, 0.2) is 0 Å². The van der Waals surface area contributed by atoms with Crippen LogP contribution in [0.1, 0.15) is 26.7 Å². The van der Waals surface area contributed by atoms with Crippen molar-refractivity contribution in [2.24, 2.45) is 5.41 Å². The maximum Gasteiger partial charge on any atom is 0.453 e. The fourth-order valence-corrected chi connectivity index (χ4v) is 1.15. The van der Waals surface area contributed by atoms with Gasteiger partial charge in [-0.25, -0.2) is 0 Å². The quantitative estimate of drug-likeness (QED) is 0.461. The topological polar surface area (TPSA) is 46.5 Å². The van der Waals surface area contributed by atoms with Crippen molar-refractivity contribution < 1.29 is 36.6 Å². The van der Waals surface area contributed by atoms with E-state index in [1.807, 2.05) is 0 Å². The summed E-state index contributed by atoms with van der Waals surface area (Å²) in [5.74, 6) is -6.10. The van der Waals surface area contributed by atoms with Crippen LogP contribution in [0, 0.1) is 5.41 Å². The highest BCUT2D eigenvalue weighted by Crippen LogP contribution is 2.43. The fourth-order valence-electron chi connectivity index (χ4n) is 1.15. The number of aliphatic hydroxyl groups excluding tert-OH is 1. The number of esters is 1. The van der Waals surface area contributed by atoms with Crippen LogP contribution >= 0.6 is 0 Å². The van der Waals surface area contributed by atoms with Crippen LogP contribution in [0.25, 0.3) is 0 Å². The highest BCUT2D eigenvalue weighted by molar-refractivity contribution is 5.76. The largest absolute Gasteiger partial charge is 0.465 e. The van der Waals surface area contributed by atoms with E-state index in [9.17, 15) is 26.7 Å². The number of ether oxygens (including phenoxy) is 1. The number of alkyl halides is 5. The average Bonchev–Trinajstić information content (AvgIpc) is 2.14. The summed E-state index contributed by atoms with van der Waals surface area (Å²) in [5, 5.41) is 8.42. The molecule has 0 aliphatic heterocycles. The minimum Gasteiger partial charge on any atom is -0.465 e. The van der Waals surface area contributed by atoms with Gasteiger partial charge in [0, 0.05) is 19.4 Å². The van der Waals surface area contributed by atoms with Gasteiger partial charge < -0.3 is 9.84 Å². The predicted octanol–water partition coefficient (Wildman–Crippen LogP) is 2.53. The average molecular weight is 278 g/mol. The molecule has 18 heavy (non-hydrogen) atoms. The van der Waals surface area contributed by atoms with Gasteiger partial charge in [-0.1, -0.05) is 0 Å². The van der Waals surface area contributed by atoms with Crippen LogP contribution in [0.4, 0.5) is 22.0 Å². The Labute approximate surface area is 101 Å². The van der Waals surface area contributed by atoms with E-state index in [0.717, 1.165) is 13.8 Å². The van der Waals surface area contributed by atoms with Gasteiger partial charge in [0.25, 0.3) is 0 Å². The van der Waals surface area contributed by atoms with Crippen molar-refractivity contribution >= 4 is 5.97 Å². The molecular weight excluding hydrogens is 263 g/mol. The maximum absolute atomic E-state index is 12.8. The molecule has 0 aliphatic carbocycles. The molecule has 0 fully saturated rings. The molecule has 0 aliphatic rings. The lowest BCUT2D eigenvalue weighted by molar-refractivity contribution is -0.291. The summed E-state index contributed by atoms with van der Waals surface area (Å²) in [6, 6.07) is 0. The molecule has 0 aromatic rings. The van der Waals surface area contributed by atoms with Crippen molar-refractivity contribution in [2.75, 3.05) is 13.2 Å². The summed E-state index contributed by atoms with van der Waals surface area (Å²) >= 11 is 0. The van der Waals surface area contributed by atoms with E-state index in [4.69, 9.17) is 5.11 Å². The van der Waals surface area contributed by atoms with E-state index in [1.165, 1.54) is 0 Å². The molecule has 0 radical (unpaired) electrons. The maximum atomic E-state index is 12.8. The third-order valence-corrected chi connectivity index (χ3v) is 2.17. The molecule has 0 aromatic heterocycles. The summed E-state index contributed by atoms with van der Waals surface area (Å²) in [6.07, 6.45) is -7.28. The minimum atomic E-state index is -5.70. The standard InChI is InChI=1S/C10H15F5O3/c1-8(2,7(17)18-5-3-4-16)6-9(11,12)10(13,14)15/h16H,3-6H2,1-2H3. The minimum absolute atomic E-state index is 0.0947. The lowest BCUT2D eigenvalue weighted by Crippen LogP contribution is -2.43. The fraction of sp³-hybridized carbons (Fsp3) is 0.900. The van der Waals surface area contributed by atoms with Crippen molar-refractivity contribution in [1.29, 1.82) is 0 Å². The number of carbonyl (C=O) groups excluding carboxylic acids is 1. The Bertz CT molecular complexity index is 286. The number of rotatable bonds is 6. The zero-order chi connectivity index (χ0) is 14.6. The van der Waals surface area contributed by atoms with E-state index < -0.39 is 29.9 Å². The summed E-state index contributed by atoms with van der Waals surface area (Å²) in [6.45, 7) is 1.41. The Hall–Kier alpha value is -0.920. The van der Waals surface area contributed by atoms with Gasteiger partial charge in [-0.05, 0) is 13.8 Å². The van der Waals surface area contributed by atoms with Crippen LogP contribution in [-0.2, 0) is 9.53 Å². The summed E-state index contributed by atoms with van der Waals surface area (Å²) in [5.41, 5.74) is -1.96. The second-order valence-corrected chi connectivity index (χ2v) is 4.48. The molecule has 108 valence electrons. The molecule has 0 saturated heterocycles. The SMILES string of the molecule is CC(C)(CC(F)(F)C(F)(F)F)C(=O)OCCCO. The Balaban J connectivity index is 4.60. The van der Waals surface area contributed by atoms with Crippen LogP contribution in [0.15, 0.2) is 0 Å². The van der Waals surface area contributed by atoms with Crippen LogP contribution in [0.2, 0.25) is 0 Å². The van der Waals surface area contributed by atoms with Crippen molar-refractivity contribution in [3.8, 4) is 0 Å². The molecular formula is C10H15F5O3. The first-order chi connectivity index (χ1) is 7.94.